The van der Waals surface area contributed by atoms with E-state index < -0.39 is 0 Å². The molecular weight excluding hydrogens is 376 g/mol. The zero-order valence-electron chi connectivity index (χ0n) is 16.7. The van der Waals surface area contributed by atoms with Gasteiger partial charge >= 0.3 is 0 Å². The SMILES string of the molecule is CC1=CC(NC(=O)CC2=CC=C(NC(=O)c3nccc4ccccc34)C=CC2)=NC1. The van der Waals surface area contributed by atoms with Crippen molar-refractivity contribution in [3.63, 3.8) is 0 Å². The lowest BCUT2D eigenvalue weighted by atomic mass is 10.1. The zero-order chi connectivity index (χ0) is 20.9. The van der Waals surface area contributed by atoms with Gasteiger partial charge in [0.25, 0.3) is 5.91 Å². The summed E-state index contributed by atoms with van der Waals surface area (Å²) < 4.78 is 0. The Kier molecular flexibility index (Phi) is 5.66. The van der Waals surface area contributed by atoms with Crippen LogP contribution in [0.3, 0.4) is 0 Å². The fraction of sp³-hybridized carbons (Fsp3) is 0.167. The van der Waals surface area contributed by atoms with Gasteiger partial charge in [-0.2, -0.15) is 0 Å². The predicted octanol–water partition coefficient (Wildman–Crippen LogP) is 3.60. The van der Waals surface area contributed by atoms with Crippen LogP contribution < -0.4 is 10.6 Å². The second-order valence-electron chi connectivity index (χ2n) is 7.31. The van der Waals surface area contributed by atoms with Gasteiger partial charge in [0.1, 0.15) is 11.5 Å². The monoisotopic (exact) mass is 398 g/mol. The molecule has 2 aromatic rings. The third-order valence-electron chi connectivity index (χ3n) is 4.86. The minimum atomic E-state index is -0.265. The van der Waals surface area contributed by atoms with Crippen LogP contribution in [0, 0.1) is 0 Å². The lowest BCUT2D eigenvalue weighted by Gasteiger charge is -2.07. The third kappa shape index (κ3) is 4.60. The first-order chi connectivity index (χ1) is 14.6. The van der Waals surface area contributed by atoms with Crippen molar-refractivity contribution in [1.82, 2.24) is 15.6 Å². The molecule has 2 aliphatic rings. The summed E-state index contributed by atoms with van der Waals surface area (Å²) in [7, 11) is 0. The van der Waals surface area contributed by atoms with Gasteiger partial charge < -0.3 is 10.6 Å². The molecule has 0 saturated carbocycles. The highest BCUT2D eigenvalue weighted by atomic mass is 16.2. The Morgan fingerprint density at radius 3 is 2.80 bits per heavy atom. The summed E-state index contributed by atoms with van der Waals surface area (Å²) in [5.41, 5.74) is 3.13. The van der Waals surface area contributed by atoms with Crippen LogP contribution in [0.5, 0.6) is 0 Å². The van der Waals surface area contributed by atoms with Crippen LogP contribution in [0.1, 0.15) is 30.3 Å². The maximum absolute atomic E-state index is 12.8. The van der Waals surface area contributed by atoms with Crippen molar-refractivity contribution < 1.29 is 9.59 Å². The number of amidine groups is 1. The van der Waals surface area contributed by atoms with E-state index in [0.717, 1.165) is 21.9 Å². The normalized spacial score (nSPS) is 15.6. The van der Waals surface area contributed by atoms with Crippen LogP contribution in [0.25, 0.3) is 10.8 Å². The van der Waals surface area contributed by atoms with Crippen LogP contribution in [-0.4, -0.2) is 29.2 Å². The van der Waals surface area contributed by atoms with E-state index in [9.17, 15) is 9.59 Å². The molecule has 6 nitrogen and oxygen atoms in total. The largest absolute Gasteiger partial charge is 0.321 e. The summed E-state index contributed by atoms with van der Waals surface area (Å²) >= 11 is 0. The summed E-state index contributed by atoms with van der Waals surface area (Å²) in [6.07, 6.45) is 11.9. The van der Waals surface area contributed by atoms with Crippen LogP contribution in [-0.2, 0) is 4.79 Å². The van der Waals surface area contributed by atoms with Gasteiger partial charge in [-0.15, -0.1) is 0 Å². The van der Waals surface area contributed by atoms with Gasteiger partial charge in [-0.1, -0.05) is 42.0 Å². The second-order valence-corrected chi connectivity index (χ2v) is 7.31. The Balaban J connectivity index is 1.42. The first kappa shape index (κ1) is 19.5. The van der Waals surface area contributed by atoms with Crippen LogP contribution in [0.2, 0.25) is 0 Å². The van der Waals surface area contributed by atoms with Crippen molar-refractivity contribution in [1.29, 1.82) is 0 Å². The number of fused-ring (bicyclic) bond motifs is 1. The van der Waals surface area contributed by atoms with Crippen molar-refractivity contribution in [2.75, 3.05) is 6.54 Å². The standard InChI is InChI=1S/C24H22N4O2/c1-16-13-21(26-15-16)28-22(29)14-17-5-4-7-19(10-9-17)27-24(30)23-20-8-3-2-6-18(20)11-12-25-23/h2-4,6-13H,5,14-15H2,1H3,(H,27,30)(H,26,28,29). The Labute approximate surface area is 174 Å². The lowest BCUT2D eigenvalue weighted by Crippen LogP contribution is -2.28. The van der Waals surface area contributed by atoms with E-state index in [1.807, 2.05) is 67.6 Å². The van der Waals surface area contributed by atoms with E-state index in [1.165, 1.54) is 0 Å². The molecule has 0 saturated heterocycles. The quantitative estimate of drug-likeness (QED) is 0.825. The molecule has 0 spiro atoms. The molecule has 1 aliphatic heterocycles. The number of rotatable bonds is 4. The predicted molar refractivity (Wildman–Crippen MR) is 118 cm³/mol. The number of pyridine rings is 1. The molecule has 0 unspecified atom stereocenters. The number of nitrogens with one attached hydrogen (secondary N) is 2. The molecule has 1 aromatic carbocycles. The van der Waals surface area contributed by atoms with E-state index >= 15 is 0 Å². The smallest absolute Gasteiger partial charge is 0.274 e. The molecule has 2 heterocycles. The van der Waals surface area contributed by atoms with Gasteiger partial charge in [-0.25, -0.2) is 0 Å². The fourth-order valence-corrected chi connectivity index (χ4v) is 3.38. The number of benzene rings is 1. The number of aliphatic imine (C=N–C) groups is 1. The number of aromatic nitrogens is 1. The number of carbonyl (C=O) groups is 2. The van der Waals surface area contributed by atoms with Gasteiger partial charge in [0.05, 0.1) is 6.54 Å². The molecule has 0 fully saturated rings. The molecule has 0 radical (unpaired) electrons. The first-order valence-corrected chi connectivity index (χ1v) is 9.81. The van der Waals surface area contributed by atoms with Crippen LogP contribution in [0.4, 0.5) is 0 Å². The van der Waals surface area contributed by atoms with Crippen molar-refractivity contribution >= 4 is 28.4 Å². The lowest BCUT2D eigenvalue weighted by molar-refractivity contribution is -0.119. The molecular formula is C24H22N4O2. The maximum atomic E-state index is 12.8. The summed E-state index contributed by atoms with van der Waals surface area (Å²) in [4.78, 5) is 33.5. The Morgan fingerprint density at radius 1 is 1.10 bits per heavy atom. The molecule has 1 aliphatic carbocycles. The van der Waals surface area contributed by atoms with E-state index in [1.54, 1.807) is 6.20 Å². The average molecular weight is 398 g/mol. The molecule has 2 amide bonds. The molecule has 0 bridgehead atoms. The molecule has 30 heavy (non-hydrogen) atoms. The van der Waals surface area contributed by atoms with Gasteiger partial charge in [-0.05, 0) is 48.6 Å². The molecule has 0 atom stereocenters. The van der Waals surface area contributed by atoms with Gasteiger partial charge in [-0.3, -0.25) is 19.6 Å². The van der Waals surface area contributed by atoms with Gasteiger partial charge in [0.2, 0.25) is 5.91 Å². The summed E-state index contributed by atoms with van der Waals surface area (Å²) in [6.45, 7) is 2.62. The van der Waals surface area contributed by atoms with E-state index in [0.29, 0.717) is 30.2 Å². The average Bonchev–Trinajstić information content (AvgIpc) is 3.02. The van der Waals surface area contributed by atoms with Crippen LogP contribution in [0.15, 0.2) is 88.7 Å². The number of hydrogen-bond donors (Lipinski definition) is 2. The highest BCUT2D eigenvalue weighted by Crippen LogP contribution is 2.18. The Morgan fingerprint density at radius 2 is 1.97 bits per heavy atom. The van der Waals surface area contributed by atoms with Crippen molar-refractivity contribution in [2.45, 2.75) is 19.8 Å². The minimum absolute atomic E-state index is 0.0970. The Bertz CT molecular complexity index is 1160. The highest BCUT2D eigenvalue weighted by Gasteiger charge is 2.14. The van der Waals surface area contributed by atoms with Gasteiger partial charge in [0.15, 0.2) is 0 Å². The van der Waals surface area contributed by atoms with E-state index in [-0.39, 0.29) is 18.2 Å². The number of nitrogens with zero attached hydrogens (tertiary/aromatic N) is 2. The van der Waals surface area contributed by atoms with Crippen molar-refractivity contribution in [2.24, 2.45) is 4.99 Å². The van der Waals surface area contributed by atoms with Gasteiger partial charge in [0, 0.05) is 23.7 Å². The molecule has 2 N–H and O–H groups in total. The number of allylic oxidation sites excluding steroid dienone is 4. The fourth-order valence-electron chi connectivity index (χ4n) is 3.38. The molecule has 4 rings (SSSR count). The number of carbonyl (C=O) groups excluding carboxylic acids is 2. The topological polar surface area (TPSA) is 83.5 Å². The van der Waals surface area contributed by atoms with E-state index in [4.69, 9.17) is 0 Å². The number of amides is 2. The minimum Gasteiger partial charge on any atom is -0.321 e. The van der Waals surface area contributed by atoms with E-state index in [2.05, 4.69) is 20.6 Å². The number of hydrogen-bond acceptors (Lipinski definition) is 4. The third-order valence-corrected chi connectivity index (χ3v) is 4.86. The summed E-state index contributed by atoms with van der Waals surface area (Å²) in [6, 6.07) is 9.54. The molecule has 6 heteroatoms. The molecule has 1 aromatic heterocycles. The summed E-state index contributed by atoms with van der Waals surface area (Å²) in [5.74, 6) is 0.257. The van der Waals surface area contributed by atoms with Crippen LogP contribution >= 0.6 is 0 Å². The Hall–Kier alpha value is -3.80. The summed E-state index contributed by atoms with van der Waals surface area (Å²) in [5, 5.41) is 7.51. The zero-order valence-corrected chi connectivity index (χ0v) is 16.7. The first-order valence-electron chi connectivity index (χ1n) is 9.81. The maximum Gasteiger partial charge on any atom is 0.274 e. The molecule has 150 valence electrons. The van der Waals surface area contributed by atoms with Crippen molar-refractivity contribution in [3.8, 4) is 0 Å². The second kappa shape index (κ2) is 8.69. The van der Waals surface area contributed by atoms with Crippen molar-refractivity contribution in [3.05, 3.63) is 89.4 Å². The highest BCUT2D eigenvalue weighted by molar-refractivity contribution is 6.06.